The fourth-order valence-electron chi connectivity index (χ4n) is 5.30. The van der Waals surface area contributed by atoms with Crippen LogP contribution in [-0.4, -0.2) is 38.4 Å². The van der Waals surface area contributed by atoms with Crippen LogP contribution in [0.4, 0.5) is 0 Å². The molecule has 0 spiro atoms. The Morgan fingerprint density at radius 2 is 1.40 bits per heavy atom. The van der Waals surface area contributed by atoms with Gasteiger partial charge in [0.1, 0.15) is 6.04 Å². The van der Waals surface area contributed by atoms with Crippen LogP contribution in [0.1, 0.15) is 77.0 Å². The normalized spacial score (nSPS) is 18.7. The standard InChI is InChI=1S/C27H37N3O4S/c31-26(28-21-12-3-1-4-13-21)19-18-24(27(32)29-22-14-5-2-6-15-22)30-35(33,34)25-17-9-11-20-10-7-8-16-23(20)25/h7-11,16-17,21-22,24,30H,1-6,12-15,18-19H2,(H,28,31)(H,29,32). The van der Waals surface area contributed by atoms with E-state index in [-0.39, 0.29) is 41.6 Å². The number of hydrogen-bond donors (Lipinski definition) is 3. The first-order chi connectivity index (χ1) is 16.9. The number of hydrogen-bond acceptors (Lipinski definition) is 4. The van der Waals surface area contributed by atoms with Gasteiger partial charge in [0.15, 0.2) is 0 Å². The number of rotatable bonds is 9. The molecule has 2 fully saturated rings. The third-order valence-corrected chi connectivity index (χ3v) is 8.76. The second-order valence-electron chi connectivity index (χ2n) is 9.94. The van der Waals surface area contributed by atoms with Gasteiger partial charge in [-0.05, 0) is 43.6 Å². The summed E-state index contributed by atoms with van der Waals surface area (Å²) in [5.41, 5.74) is 0. The number of carbonyl (C=O) groups is 2. The predicted molar refractivity (Wildman–Crippen MR) is 137 cm³/mol. The van der Waals surface area contributed by atoms with E-state index in [1.54, 1.807) is 24.3 Å². The van der Waals surface area contributed by atoms with Gasteiger partial charge in [-0.3, -0.25) is 9.59 Å². The van der Waals surface area contributed by atoms with Crippen LogP contribution < -0.4 is 15.4 Å². The molecule has 0 saturated heterocycles. The van der Waals surface area contributed by atoms with Gasteiger partial charge in [0.25, 0.3) is 0 Å². The molecule has 3 N–H and O–H groups in total. The predicted octanol–water partition coefficient (Wildman–Crippen LogP) is 4.16. The average molecular weight is 500 g/mol. The molecule has 2 aliphatic rings. The summed E-state index contributed by atoms with van der Waals surface area (Å²) in [6.45, 7) is 0. The Kier molecular flexibility index (Phi) is 8.78. The zero-order valence-electron chi connectivity index (χ0n) is 20.3. The molecule has 8 heteroatoms. The zero-order valence-corrected chi connectivity index (χ0v) is 21.1. The van der Waals surface area contributed by atoms with Crippen LogP contribution in [0, 0.1) is 0 Å². The van der Waals surface area contributed by atoms with Crippen LogP contribution in [0.15, 0.2) is 47.4 Å². The fraction of sp³-hybridized carbons (Fsp3) is 0.556. The Morgan fingerprint density at radius 1 is 0.800 bits per heavy atom. The molecule has 0 aliphatic heterocycles. The van der Waals surface area contributed by atoms with E-state index in [2.05, 4.69) is 15.4 Å². The third kappa shape index (κ3) is 7.04. The molecule has 2 aliphatic carbocycles. The van der Waals surface area contributed by atoms with Gasteiger partial charge in [0.05, 0.1) is 4.90 Å². The van der Waals surface area contributed by atoms with Crippen molar-refractivity contribution in [2.45, 2.75) is 100 Å². The van der Waals surface area contributed by atoms with E-state index >= 15 is 0 Å². The van der Waals surface area contributed by atoms with E-state index in [0.29, 0.717) is 5.39 Å². The molecule has 7 nitrogen and oxygen atoms in total. The van der Waals surface area contributed by atoms with Crippen molar-refractivity contribution in [2.24, 2.45) is 0 Å². The maximum atomic E-state index is 13.4. The highest BCUT2D eigenvalue weighted by molar-refractivity contribution is 7.89. The number of amides is 2. The quantitative estimate of drug-likeness (QED) is 0.482. The number of fused-ring (bicyclic) bond motifs is 1. The first-order valence-electron chi connectivity index (χ1n) is 13.0. The Bertz CT molecular complexity index is 1120. The van der Waals surface area contributed by atoms with E-state index in [1.807, 2.05) is 18.2 Å². The minimum Gasteiger partial charge on any atom is -0.353 e. The van der Waals surface area contributed by atoms with Gasteiger partial charge in [-0.2, -0.15) is 4.72 Å². The van der Waals surface area contributed by atoms with Gasteiger partial charge >= 0.3 is 0 Å². The summed E-state index contributed by atoms with van der Waals surface area (Å²) in [4.78, 5) is 26.0. The largest absolute Gasteiger partial charge is 0.353 e. The van der Waals surface area contributed by atoms with E-state index < -0.39 is 16.1 Å². The lowest BCUT2D eigenvalue weighted by molar-refractivity contribution is -0.124. The smallest absolute Gasteiger partial charge is 0.241 e. The molecule has 0 bridgehead atoms. The topological polar surface area (TPSA) is 104 Å². The molecule has 2 amide bonds. The van der Waals surface area contributed by atoms with E-state index in [4.69, 9.17) is 0 Å². The van der Waals surface area contributed by atoms with E-state index in [9.17, 15) is 18.0 Å². The Morgan fingerprint density at radius 3 is 2.09 bits per heavy atom. The van der Waals surface area contributed by atoms with Crippen molar-refractivity contribution in [1.82, 2.24) is 15.4 Å². The minimum atomic E-state index is -3.99. The molecule has 0 aromatic heterocycles. The monoisotopic (exact) mass is 499 g/mol. The molecule has 4 rings (SSSR count). The van der Waals surface area contributed by atoms with E-state index in [0.717, 1.165) is 63.2 Å². The number of sulfonamides is 1. The summed E-state index contributed by atoms with van der Waals surface area (Å²) in [5.74, 6) is -0.483. The molecular weight excluding hydrogens is 462 g/mol. The maximum Gasteiger partial charge on any atom is 0.241 e. The highest BCUT2D eigenvalue weighted by Crippen LogP contribution is 2.24. The Balaban J connectivity index is 1.48. The summed E-state index contributed by atoms with van der Waals surface area (Å²) in [7, 11) is -3.99. The second-order valence-corrected chi connectivity index (χ2v) is 11.6. The first kappa shape index (κ1) is 25.6. The average Bonchev–Trinajstić information content (AvgIpc) is 2.87. The van der Waals surface area contributed by atoms with Crippen LogP contribution in [-0.2, 0) is 19.6 Å². The van der Waals surface area contributed by atoms with Gasteiger partial charge in [0.2, 0.25) is 21.8 Å². The van der Waals surface area contributed by atoms with Crippen molar-refractivity contribution in [3.63, 3.8) is 0 Å². The summed E-state index contributed by atoms with van der Waals surface area (Å²) in [5, 5.41) is 7.51. The molecule has 1 atom stereocenters. The number of nitrogens with one attached hydrogen (secondary N) is 3. The fourth-order valence-corrected chi connectivity index (χ4v) is 6.75. The van der Waals surface area contributed by atoms with Crippen molar-refractivity contribution < 1.29 is 18.0 Å². The third-order valence-electron chi connectivity index (χ3n) is 7.23. The van der Waals surface area contributed by atoms with Crippen LogP contribution in [0.3, 0.4) is 0 Å². The van der Waals surface area contributed by atoms with Crippen molar-refractivity contribution in [3.05, 3.63) is 42.5 Å². The molecule has 1 unspecified atom stereocenters. The Hall–Kier alpha value is -2.45. The van der Waals surface area contributed by atoms with Crippen molar-refractivity contribution in [2.75, 3.05) is 0 Å². The van der Waals surface area contributed by atoms with Crippen LogP contribution in [0.25, 0.3) is 10.8 Å². The van der Waals surface area contributed by atoms with Crippen LogP contribution in [0.2, 0.25) is 0 Å². The lowest BCUT2D eigenvalue weighted by Crippen LogP contribution is -2.50. The minimum absolute atomic E-state index is 0.0527. The molecule has 2 aromatic rings. The summed E-state index contributed by atoms with van der Waals surface area (Å²) < 4.78 is 29.5. The van der Waals surface area contributed by atoms with Gasteiger partial charge in [-0.1, -0.05) is 74.9 Å². The lowest BCUT2D eigenvalue weighted by atomic mass is 9.95. The number of carbonyl (C=O) groups excluding carboxylic acids is 2. The molecule has 0 radical (unpaired) electrons. The molecule has 2 aromatic carbocycles. The van der Waals surface area contributed by atoms with Crippen molar-refractivity contribution in [1.29, 1.82) is 0 Å². The molecule has 35 heavy (non-hydrogen) atoms. The van der Waals surface area contributed by atoms with Crippen molar-refractivity contribution in [3.8, 4) is 0 Å². The maximum absolute atomic E-state index is 13.4. The lowest BCUT2D eigenvalue weighted by Gasteiger charge is -2.26. The first-order valence-corrected chi connectivity index (χ1v) is 14.5. The summed E-state index contributed by atoms with van der Waals surface area (Å²) in [6.07, 6.45) is 10.7. The van der Waals surface area contributed by atoms with E-state index in [1.165, 1.54) is 6.42 Å². The van der Waals surface area contributed by atoms with Crippen molar-refractivity contribution >= 4 is 32.6 Å². The van der Waals surface area contributed by atoms with Gasteiger partial charge in [-0.15, -0.1) is 0 Å². The van der Waals surface area contributed by atoms with Gasteiger partial charge < -0.3 is 10.6 Å². The SMILES string of the molecule is O=C(CCC(NS(=O)(=O)c1cccc2ccccc12)C(=O)NC1CCCCC1)NC1CCCCC1. The molecule has 190 valence electrons. The van der Waals surface area contributed by atoms with Gasteiger partial charge in [0, 0.05) is 23.9 Å². The summed E-state index contributed by atoms with van der Waals surface area (Å²) in [6, 6.07) is 11.6. The summed E-state index contributed by atoms with van der Waals surface area (Å²) >= 11 is 0. The van der Waals surface area contributed by atoms with Crippen LogP contribution >= 0.6 is 0 Å². The number of benzene rings is 2. The highest BCUT2D eigenvalue weighted by Gasteiger charge is 2.29. The van der Waals surface area contributed by atoms with Gasteiger partial charge in [-0.25, -0.2) is 8.42 Å². The Labute approximate surface area is 208 Å². The second kappa shape index (κ2) is 12.0. The molecule has 2 saturated carbocycles. The highest BCUT2D eigenvalue weighted by atomic mass is 32.2. The zero-order chi connectivity index (χ0) is 24.7. The van der Waals surface area contributed by atoms with Crippen LogP contribution in [0.5, 0.6) is 0 Å². The molecule has 0 heterocycles. The molecular formula is C27H37N3O4S.